The summed E-state index contributed by atoms with van der Waals surface area (Å²) in [5.74, 6) is 0. The van der Waals surface area contributed by atoms with Gasteiger partial charge in [0.25, 0.3) is 0 Å². The molecule has 2 aromatic rings. The highest BCUT2D eigenvalue weighted by Gasteiger charge is 2.31. The molecular formula is C16H18F3N3O2. The molecule has 8 heteroatoms. The smallest absolute Gasteiger partial charge is 0.416 e. The highest BCUT2D eigenvalue weighted by molar-refractivity contribution is 5.85. The van der Waals surface area contributed by atoms with Gasteiger partial charge in [-0.3, -0.25) is 5.32 Å². The second-order valence-electron chi connectivity index (χ2n) is 6.32. The van der Waals surface area contributed by atoms with E-state index in [0.29, 0.717) is 5.69 Å². The van der Waals surface area contributed by atoms with Crippen molar-refractivity contribution in [2.75, 3.05) is 5.32 Å². The maximum Gasteiger partial charge on any atom is 0.416 e. The zero-order valence-electron chi connectivity index (χ0n) is 13.7. The quantitative estimate of drug-likeness (QED) is 0.872. The van der Waals surface area contributed by atoms with E-state index >= 15 is 0 Å². The second-order valence-corrected chi connectivity index (χ2v) is 6.32. The van der Waals surface area contributed by atoms with Gasteiger partial charge in [-0.2, -0.15) is 13.2 Å². The fraction of sp³-hybridized carbons (Fsp3) is 0.375. The molecule has 0 saturated carbocycles. The minimum absolute atomic E-state index is 0.0135. The Morgan fingerprint density at radius 1 is 1.21 bits per heavy atom. The van der Waals surface area contributed by atoms with Crippen LogP contribution in [0.4, 0.5) is 23.7 Å². The van der Waals surface area contributed by atoms with Crippen molar-refractivity contribution in [3.05, 3.63) is 42.0 Å². The van der Waals surface area contributed by atoms with Crippen molar-refractivity contribution in [1.29, 1.82) is 0 Å². The summed E-state index contributed by atoms with van der Waals surface area (Å²) in [6.45, 7) is 6.72. The standard InChI is InChI=1S/C16H18F3N3O2/c1-10-8-22(9-20-10)13-6-11(16(17,18)19)5-12(7-13)21-14(23)24-15(2,3)4/h5-9H,1-4H3,(H,21,23). The predicted octanol–water partition coefficient (Wildman–Crippen LogP) is 4.55. The molecule has 0 aliphatic rings. The Hall–Kier alpha value is -2.51. The molecule has 1 aromatic heterocycles. The Balaban J connectivity index is 2.38. The van der Waals surface area contributed by atoms with E-state index < -0.39 is 23.4 Å². The van der Waals surface area contributed by atoms with Gasteiger partial charge in [-0.1, -0.05) is 0 Å². The van der Waals surface area contributed by atoms with E-state index in [0.717, 1.165) is 12.1 Å². The molecule has 0 atom stereocenters. The Kier molecular flexibility index (Phi) is 4.59. The molecule has 0 aliphatic heterocycles. The number of aromatic nitrogens is 2. The number of rotatable bonds is 2. The van der Waals surface area contributed by atoms with Crippen molar-refractivity contribution in [3.63, 3.8) is 0 Å². The number of ether oxygens (including phenoxy) is 1. The minimum atomic E-state index is -4.55. The fourth-order valence-corrected chi connectivity index (χ4v) is 1.98. The molecule has 24 heavy (non-hydrogen) atoms. The topological polar surface area (TPSA) is 56.2 Å². The number of nitrogens with zero attached hydrogens (tertiary/aromatic N) is 2. The zero-order chi connectivity index (χ0) is 18.1. The van der Waals surface area contributed by atoms with Gasteiger partial charge in [-0.15, -0.1) is 0 Å². The Morgan fingerprint density at radius 2 is 1.88 bits per heavy atom. The molecule has 0 fully saturated rings. The molecular weight excluding hydrogens is 323 g/mol. The summed E-state index contributed by atoms with van der Waals surface area (Å²) in [5, 5.41) is 2.33. The van der Waals surface area contributed by atoms with Gasteiger partial charge >= 0.3 is 12.3 Å². The van der Waals surface area contributed by atoms with Gasteiger partial charge in [0.1, 0.15) is 5.60 Å². The summed E-state index contributed by atoms with van der Waals surface area (Å²) in [5.41, 5.74) is -0.751. The van der Waals surface area contributed by atoms with Crippen molar-refractivity contribution in [2.45, 2.75) is 39.5 Å². The highest BCUT2D eigenvalue weighted by Crippen LogP contribution is 2.33. The zero-order valence-corrected chi connectivity index (χ0v) is 13.7. The Morgan fingerprint density at radius 3 is 2.38 bits per heavy atom. The lowest BCUT2D eigenvalue weighted by atomic mass is 10.1. The van der Waals surface area contributed by atoms with Crippen molar-refractivity contribution in [2.24, 2.45) is 0 Å². The van der Waals surface area contributed by atoms with Gasteiger partial charge in [0.2, 0.25) is 0 Å². The molecule has 1 heterocycles. The van der Waals surface area contributed by atoms with E-state index in [1.54, 1.807) is 33.9 Å². The predicted molar refractivity (Wildman–Crippen MR) is 83.2 cm³/mol. The molecule has 0 saturated heterocycles. The molecule has 5 nitrogen and oxygen atoms in total. The van der Waals surface area contributed by atoms with E-state index in [4.69, 9.17) is 4.74 Å². The van der Waals surface area contributed by atoms with Crippen molar-refractivity contribution < 1.29 is 22.7 Å². The highest BCUT2D eigenvalue weighted by atomic mass is 19.4. The summed E-state index contributed by atoms with van der Waals surface area (Å²) < 4.78 is 45.8. The number of nitrogens with one attached hydrogen (secondary N) is 1. The monoisotopic (exact) mass is 341 g/mol. The average Bonchev–Trinajstić information content (AvgIpc) is 2.81. The number of aryl methyl sites for hydroxylation is 1. The molecule has 1 N–H and O–H groups in total. The van der Waals surface area contributed by atoms with Crippen LogP contribution in [0, 0.1) is 6.92 Å². The third-order valence-corrected chi connectivity index (χ3v) is 2.90. The lowest BCUT2D eigenvalue weighted by molar-refractivity contribution is -0.137. The Labute approximate surface area is 137 Å². The van der Waals surface area contributed by atoms with E-state index in [-0.39, 0.29) is 11.4 Å². The summed E-state index contributed by atoms with van der Waals surface area (Å²) in [6.07, 6.45) is -2.38. The maximum absolute atomic E-state index is 13.1. The van der Waals surface area contributed by atoms with Gasteiger partial charge in [-0.25, -0.2) is 9.78 Å². The number of carbonyl (C=O) groups excluding carboxylic acids is 1. The Bertz CT molecular complexity index is 746. The van der Waals surface area contributed by atoms with Crippen LogP contribution in [0.5, 0.6) is 0 Å². The summed E-state index contributed by atoms with van der Waals surface area (Å²) in [7, 11) is 0. The normalized spacial score (nSPS) is 12.1. The van der Waals surface area contributed by atoms with Crippen molar-refractivity contribution in [3.8, 4) is 5.69 Å². The number of halogens is 3. The number of alkyl halides is 3. The number of benzene rings is 1. The molecule has 1 amide bonds. The minimum Gasteiger partial charge on any atom is -0.444 e. The number of anilines is 1. The number of hydrogen-bond acceptors (Lipinski definition) is 3. The second kappa shape index (κ2) is 6.18. The third kappa shape index (κ3) is 4.74. The van der Waals surface area contributed by atoms with Crippen LogP contribution in [-0.4, -0.2) is 21.2 Å². The van der Waals surface area contributed by atoms with Crippen LogP contribution in [-0.2, 0) is 10.9 Å². The average molecular weight is 341 g/mol. The molecule has 0 aliphatic carbocycles. The molecule has 0 radical (unpaired) electrons. The number of imidazole rings is 1. The van der Waals surface area contributed by atoms with Crippen molar-refractivity contribution in [1.82, 2.24) is 9.55 Å². The van der Waals surface area contributed by atoms with E-state index in [2.05, 4.69) is 10.3 Å². The molecule has 0 unspecified atom stereocenters. The van der Waals surface area contributed by atoms with Crippen LogP contribution >= 0.6 is 0 Å². The number of hydrogen-bond donors (Lipinski definition) is 1. The third-order valence-electron chi connectivity index (χ3n) is 2.90. The van der Waals surface area contributed by atoms with E-state index in [9.17, 15) is 18.0 Å². The van der Waals surface area contributed by atoms with Crippen LogP contribution in [0.3, 0.4) is 0 Å². The maximum atomic E-state index is 13.1. The lowest BCUT2D eigenvalue weighted by Crippen LogP contribution is -2.27. The summed E-state index contributed by atoms with van der Waals surface area (Å²) >= 11 is 0. The van der Waals surface area contributed by atoms with Crippen LogP contribution < -0.4 is 5.32 Å². The first-order valence-electron chi connectivity index (χ1n) is 7.17. The van der Waals surface area contributed by atoms with Crippen LogP contribution in [0.15, 0.2) is 30.7 Å². The van der Waals surface area contributed by atoms with E-state index in [1.807, 2.05) is 0 Å². The molecule has 0 bridgehead atoms. The fourth-order valence-electron chi connectivity index (χ4n) is 1.98. The van der Waals surface area contributed by atoms with Gasteiger partial charge in [-0.05, 0) is 45.9 Å². The van der Waals surface area contributed by atoms with Crippen molar-refractivity contribution >= 4 is 11.8 Å². The molecule has 0 spiro atoms. The summed E-state index contributed by atoms with van der Waals surface area (Å²) in [4.78, 5) is 15.8. The van der Waals surface area contributed by atoms with Crippen LogP contribution in [0.2, 0.25) is 0 Å². The molecule has 1 aromatic carbocycles. The van der Waals surface area contributed by atoms with Gasteiger partial charge in [0.15, 0.2) is 0 Å². The number of carbonyl (C=O) groups is 1. The van der Waals surface area contributed by atoms with Gasteiger partial charge < -0.3 is 9.30 Å². The van der Waals surface area contributed by atoms with Crippen LogP contribution in [0.1, 0.15) is 32.0 Å². The summed E-state index contributed by atoms with van der Waals surface area (Å²) in [6, 6.07) is 3.26. The SMILES string of the molecule is Cc1cn(-c2cc(NC(=O)OC(C)(C)C)cc(C(F)(F)F)c2)cn1. The molecule has 130 valence electrons. The van der Waals surface area contributed by atoms with Crippen LogP contribution in [0.25, 0.3) is 5.69 Å². The first kappa shape index (κ1) is 17.8. The molecule has 2 rings (SSSR count). The number of amides is 1. The largest absolute Gasteiger partial charge is 0.444 e. The van der Waals surface area contributed by atoms with Gasteiger partial charge in [0, 0.05) is 17.6 Å². The lowest BCUT2D eigenvalue weighted by Gasteiger charge is -2.20. The van der Waals surface area contributed by atoms with Gasteiger partial charge in [0.05, 0.1) is 17.6 Å². The first-order chi connectivity index (χ1) is 10.9. The van der Waals surface area contributed by atoms with E-state index in [1.165, 1.54) is 17.0 Å². The first-order valence-corrected chi connectivity index (χ1v) is 7.17.